The van der Waals surface area contributed by atoms with Crippen LogP contribution in [0.5, 0.6) is 5.75 Å². The predicted octanol–water partition coefficient (Wildman–Crippen LogP) is 4.82. The van der Waals surface area contributed by atoms with Crippen molar-refractivity contribution in [2.45, 2.75) is 26.2 Å². The normalized spacial score (nSPS) is 11.0. The number of imidazole rings is 1. The summed E-state index contributed by atoms with van der Waals surface area (Å²) < 4.78 is 21.2. The van der Waals surface area contributed by atoms with E-state index in [4.69, 9.17) is 4.74 Å². The van der Waals surface area contributed by atoms with Gasteiger partial charge in [0.25, 0.3) is 0 Å². The summed E-state index contributed by atoms with van der Waals surface area (Å²) in [5.41, 5.74) is 2.18. The summed E-state index contributed by atoms with van der Waals surface area (Å²) in [6.45, 7) is 2.08. The molecule has 0 aliphatic heterocycles. The first-order valence-electron chi connectivity index (χ1n) is 8.10. The van der Waals surface area contributed by atoms with Crippen LogP contribution >= 0.6 is 15.9 Å². The highest BCUT2D eigenvalue weighted by Crippen LogP contribution is 2.27. The van der Waals surface area contributed by atoms with Gasteiger partial charge in [0.1, 0.15) is 22.9 Å². The second kappa shape index (κ2) is 7.35. The zero-order valence-electron chi connectivity index (χ0n) is 14.1. The highest BCUT2D eigenvalue weighted by atomic mass is 79.9. The second-order valence-corrected chi connectivity index (χ2v) is 6.62. The quantitative estimate of drug-likeness (QED) is 0.553. The molecule has 0 fully saturated rings. The molecule has 0 amide bonds. The average Bonchev–Trinajstić information content (AvgIpc) is 2.96. The fourth-order valence-electron chi connectivity index (χ4n) is 2.77. The third-order valence-electron chi connectivity index (χ3n) is 4.05. The van der Waals surface area contributed by atoms with Crippen molar-refractivity contribution in [1.29, 1.82) is 0 Å². The van der Waals surface area contributed by atoms with E-state index in [2.05, 4.69) is 27.8 Å². The van der Waals surface area contributed by atoms with E-state index < -0.39 is 5.82 Å². The van der Waals surface area contributed by atoms with Crippen LogP contribution in [0.25, 0.3) is 5.65 Å². The molecule has 4 nitrogen and oxygen atoms in total. The maximum atomic E-state index is 13.7. The molecule has 0 aliphatic carbocycles. The van der Waals surface area contributed by atoms with E-state index in [1.165, 1.54) is 12.3 Å². The number of hydrogen-bond acceptors (Lipinski definition) is 3. The van der Waals surface area contributed by atoms with Crippen molar-refractivity contribution >= 4 is 27.4 Å². The summed E-state index contributed by atoms with van der Waals surface area (Å²) in [6, 6.07) is 8.08. The Labute approximate surface area is 153 Å². The van der Waals surface area contributed by atoms with Gasteiger partial charge in [0, 0.05) is 11.8 Å². The zero-order chi connectivity index (χ0) is 18.0. The topological polar surface area (TPSA) is 43.6 Å². The van der Waals surface area contributed by atoms with E-state index in [0.29, 0.717) is 39.2 Å². The number of fused-ring (bicyclic) bond motifs is 1. The number of rotatable bonds is 6. The monoisotopic (exact) mass is 404 g/mol. The largest absolute Gasteiger partial charge is 0.496 e. The minimum absolute atomic E-state index is 0.187. The average molecular weight is 405 g/mol. The number of aromatic nitrogens is 2. The van der Waals surface area contributed by atoms with Crippen molar-refractivity contribution in [2.75, 3.05) is 7.11 Å². The number of aryl methyl sites for hydroxylation is 1. The van der Waals surface area contributed by atoms with Crippen LogP contribution in [-0.4, -0.2) is 22.3 Å². The number of ether oxygens (including phenoxy) is 1. The van der Waals surface area contributed by atoms with Crippen molar-refractivity contribution < 1.29 is 13.9 Å². The Balaban J connectivity index is 2.13. The highest BCUT2D eigenvalue weighted by molar-refractivity contribution is 9.10. The molecular weight excluding hydrogens is 387 g/mol. The standard InChI is InChI=1S/C19H18BrFN2O2/c1-3-4-5-15-18(23-11-13(21)7-9-17(23)22-15)19(24)12-6-8-16(25-2)14(20)10-12/h6-11H,3-5H2,1-2H3. The molecular formula is C19H18BrFN2O2. The molecule has 0 aliphatic rings. The van der Waals surface area contributed by atoms with Crippen molar-refractivity contribution in [3.05, 3.63) is 63.8 Å². The van der Waals surface area contributed by atoms with E-state index in [-0.39, 0.29) is 5.78 Å². The SMILES string of the molecule is CCCCc1nc2ccc(F)cn2c1C(=O)c1ccc(OC)c(Br)c1. The number of hydrogen-bond donors (Lipinski definition) is 0. The van der Waals surface area contributed by atoms with Crippen LogP contribution < -0.4 is 4.74 Å². The Morgan fingerprint density at radius 2 is 2.12 bits per heavy atom. The van der Waals surface area contributed by atoms with Crippen molar-refractivity contribution in [2.24, 2.45) is 0 Å². The molecule has 0 unspecified atom stereocenters. The van der Waals surface area contributed by atoms with Crippen LogP contribution in [0.15, 0.2) is 41.0 Å². The lowest BCUT2D eigenvalue weighted by Crippen LogP contribution is -2.09. The molecule has 0 N–H and O–H groups in total. The van der Waals surface area contributed by atoms with Gasteiger partial charge in [-0.15, -0.1) is 0 Å². The fourth-order valence-corrected chi connectivity index (χ4v) is 3.31. The minimum Gasteiger partial charge on any atom is -0.496 e. The number of methoxy groups -OCH3 is 1. The third kappa shape index (κ3) is 3.44. The number of halogens is 2. The molecule has 130 valence electrons. The Hall–Kier alpha value is -2.21. The van der Waals surface area contributed by atoms with Gasteiger partial charge < -0.3 is 4.74 Å². The first-order valence-corrected chi connectivity index (χ1v) is 8.89. The maximum Gasteiger partial charge on any atom is 0.211 e. The summed E-state index contributed by atoms with van der Waals surface area (Å²) in [5, 5.41) is 0. The van der Waals surface area contributed by atoms with Gasteiger partial charge in [-0.3, -0.25) is 9.20 Å². The second-order valence-electron chi connectivity index (χ2n) is 5.76. The smallest absolute Gasteiger partial charge is 0.211 e. The molecule has 2 aromatic heterocycles. The summed E-state index contributed by atoms with van der Waals surface area (Å²) in [7, 11) is 1.57. The highest BCUT2D eigenvalue weighted by Gasteiger charge is 2.21. The number of ketones is 1. The predicted molar refractivity (Wildman–Crippen MR) is 97.9 cm³/mol. The molecule has 1 aromatic carbocycles. The van der Waals surface area contributed by atoms with Crippen molar-refractivity contribution in [1.82, 2.24) is 9.38 Å². The van der Waals surface area contributed by atoms with Crippen LogP contribution in [0.4, 0.5) is 4.39 Å². The van der Waals surface area contributed by atoms with Crippen LogP contribution in [0.2, 0.25) is 0 Å². The molecule has 0 atom stereocenters. The molecule has 25 heavy (non-hydrogen) atoms. The van der Waals surface area contributed by atoms with E-state index in [1.54, 1.807) is 35.8 Å². The Morgan fingerprint density at radius 3 is 2.80 bits per heavy atom. The van der Waals surface area contributed by atoms with Gasteiger partial charge in [-0.05, 0) is 59.1 Å². The lowest BCUT2D eigenvalue weighted by atomic mass is 10.0. The Bertz CT molecular complexity index is 937. The fraction of sp³-hybridized carbons (Fsp3) is 0.263. The van der Waals surface area contributed by atoms with Crippen LogP contribution in [0.3, 0.4) is 0 Å². The first kappa shape index (κ1) is 17.6. The molecule has 0 spiro atoms. The van der Waals surface area contributed by atoms with Gasteiger partial charge in [-0.1, -0.05) is 13.3 Å². The number of pyridine rings is 1. The van der Waals surface area contributed by atoms with E-state index in [0.717, 1.165) is 12.8 Å². The van der Waals surface area contributed by atoms with E-state index in [1.807, 2.05) is 0 Å². The van der Waals surface area contributed by atoms with Gasteiger partial charge >= 0.3 is 0 Å². The van der Waals surface area contributed by atoms with Crippen LogP contribution in [0.1, 0.15) is 41.5 Å². The summed E-state index contributed by atoms with van der Waals surface area (Å²) >= 11 is 3.40. The molecule has 6 heteroatoms. The van der Waals surface area contributed by atoms with E-state index in [9.17, 15) is 9.18 Å². The molecule has 0 radical (unpaired) electrons. The lowest BCUT2D eigenvalue weighted by molar-refractivity contribution is 0.103. The molecule has 3 aromatic rings. The lowest BCUT2D eigenvalue weighted by Gasteiger charge is -2.07. The van der Waals surface area contributed by atoms with Crippen molar-refractivity contribution in [3.63, 3.8) is 0 Å². The Morgan fingerprint density at radius 1 is 1.32 bits per heavy atom. The van der Waals surface area contributed by atoms with Gasteiger partial charge in [-0.25, -0.2) is 9.37 Å². The van der Waals surface area contributed by atoms with Crippen LogP contribution in [-0.2, 0) is 6.42 Å². The Kier molecular flexibility index (Phi) is 5.18. The van der Waals surface area contributed by atoms with Gasteiger partial charge in [-0.2, -0.15) is 0 Å². The molecule has 3 rings (SSSR count). The van der Waals surface area contributed by atoms with E-state index >= 15 is 0 Å². The minimum atomic E-state index is -0.406. The molecule has 0 bridgehead atoms. The number of carbonyl (C=O) groups excluding carboxylic acids is 1. The summed E-state index contributed by atoms with van der Waals surface area (Å²) in [6.07, 6.45) is 3.89. The van der Waals surface area contributed by atoms with Gasteiger partial charge in [0.05, 0.1) is 17.3 Å². The third-order valence-corrected chi connectivity index (χ3v) is 4.67. The van der Waals surface area contributed by atoms with Gasteiger partial charge in [0.15, 0.2) is 0 Å². The molecule has 2 heterocycles. The summed E-state index contributed by atoms with van der Waals surface area (Å²) in [5.74, 6) is 0.0522. The summed E-state index contributed by atoms with van der Waals surface area (Å²) in [4.78, 5) is 17.7. The number of unbranched alkanes of at least 4 members (excludes halogenated alkanes) is 1. The number of nitrogens with zero attached hydrogens (tertiary/aromatic N) is 2. The first-order chi connectivity index (χ1) is 12.0. The maximum absolute atomic E-state index is 13.7. The molecule has 0 saturated carbocycles. The number of benzene rings is 1. The van der Waals surface area contributed by atoms with Crippen LogP contribution in [0, 0.1) is 5.82 Å². The zero-order valence-corrected chi connectivity index (χ0v) is 15.6. The van der Waals surface area contributed by atoms with Crippen molar-refractivity contribution in [3.8, 4) is 5.75 Å². The molecule has 0 saturated heterocycles. The van der Waals surface area contributed by atoms with Gasteiger partial charge in [0.2, 0.25) is 5.78 Å². The number of carbonyl (C=O) groups is 1.